The van der Waals surface area contributed by atoms with Crippen molar-refractivity contribution < 1.29 is 77.6 Å². The first-order valence-corrected chi connectivity index (χ1v) is 24.6. The van der Waals surface area contributed by atoms with E-state index in [4.69, 9.17) is 33.2 Å². The maximum absolute atomic E-state index is 14.2. The topological polar surface area (TPSA) is 283 Å². The van der Waals surface area contributed by atoms with Gasteiger partial charge in [0.25, 0.3) is 0 Å². The number of phenolic OH excluding ortho intramolecular Hbond substituents is 2. The monoisotopic (exact) mass is 1010 g/mol. The molecule has 0 spiro atoms. The Hall–Kier alpha value is -5.44. The van der Waals surface area contributed by atoms with Crippen LogP contribution in [0.5, 0.6) is 17.2 Å². The number of benzene rings is 2. The average Bonchev–Trinajstić information content (AvgIpc) is 3.35. The minimum Gasteiger partial charge on any atom is -0.507 e. The number of nitrogens with zero attached hydrogens (tertiary/aromatic N) is 5. The number of hydrogen-bond acceptors (Lipinski definition) is 22. The van der Waals surface area contributed by atoms with E-state index in [1.165, 1.54) is 85.3 Å². The number of fused-ring (bicyclic) bond motifs is 3. The summed E-state index contributed by atoms with van der Waals surface area (Å²) in [5, 5.41) is 51.0. The van der Waals surface area contributed by atoms with Crippen molar-refractivity contribution in [2.75, 3.05) is 73.5 Å². The Morgan fingerprint density at radius 1 is 0.986 bits per heavy atom. The van der Waals surface area contributed by atoms with E-state index in [2.05, 4.69) is 10.2 Å². The second-order valence-corrected chi connectivity index (χ2v) is 19.7. The summed E-state index contributed by atoms with van der Waals surface area (Å²) in [6.45, 7) is 3.45. The van der Waals surface area contributed by atoms with E-state index in [0.717, 1.165) is 4.90 Å². The molecule has 0 saturated carbocycles. The van der Waals surface area contributed by atoms with Crippen LogP contribution < -0.4 is 4.74 Å². The quantitative estimate of drug-likeness (QED) is 0.0496. The number of carbonyl (C=O) groups is 5. The zero-order chi connectivity index (χ0) is 50.6. The normalized spacial score (nSPS) is 25.2. The number of aliphatic hydroxyl groups is 2. The molecule has 2 aliphatic carbocycles. The minimum absolute atomic E-state index is 0.0194. The Morgan fingerprint density at radius 3 is 2.37 bits per heavy atom. The number of Topliss-reactive ketones (excluding diaryl/α,β-unsaturated/α-hetero) is 1. The fourth-order valence-corrected chi connectivity index (χ4v) is 10.7. The number of likely N-dealkylation sites (N-methyl/N-ethyl adjacent to an activating group) is 2. The molecule has 8 atom stereocenters. The van der Waals surface area contributed by atoms with Crippen LogP contribution in [-0.2, 0) is 39.6 Å². The van der Waals surface area contributed by atoms with Gasteiger partial charge in [-0.15, -0.1) is 4.91 Å². The van der Waals surface area contributed by atoms with Gasteiger partial charge in [-0.05, 0) is 47.0 Å². The van der Waals surface area contributed by atoms with Crippen LogP contribution in [0.2, 0.25) is 0 Å². The van der Waals surface area contributed by atoms with Crippen molar-refractivity contribution in [1.82, 2.24) is 19.7 Å². The molecule has 0 bridgehead atoms. The lowest BCUT2D eigenvalue weighted by Gasteiger charge is -2.49. The smallest absolute Gasteiger partial charge is 0.409 e. The van der Waals surface area contributed by atoms with Crippen LogP contribution >= 0.6 is 21.6 Å². The first kappa shape index (κ1) is 52.4. The Kier molecular flexibility index (Phi) is 16.7. The van der Waals surface area contributed by atoms with Gasteiger partial charge >= 0.3 is 12.2 Å². The first-order valence-electron chi connectivity index (χ1n) is 22.3. The predicted molar refractivity (Wildman–Crippen MR) is 249 cm³/mol. The molecule has 2 amide bonds. The number of rotatable bonds is 17. The van der Waals surface area contributed by atoms with Crippen molar-refractivity contribution in [2.24, 2.45) is 11.1 Å². The molecule has 2 aliphatic heterocycles. The van der Waals surface area contributed by atoms with E-state index < -0.39 is 108 Å². The fourth-order valence-electron chi connectivity index (χ4n) is 9.00. The SMILES string of the molecule is COc1cccc2c1C(=O)c1c(O)c3c(c(O)c1C2=O)C[C@@](O)(C(=O)COC(=O)N(C)CCN(C)C(=O)OCCSSc1ccc(N=O)cn1)C[C@@H]3O[C@H]1C[C@H](N2CCO[C@H](OC)[C@H]2O)[C@H](C)[C@H](C)O1. The summed E-state index contributed by atoms with van der Waals surface area (Å²) in [5.74, 6) is -3.82. The van der Waals surface area contributed by atoms with Crippen molar-refractivity contribution in [3.05, 3.63) is 74.8 Å². The maximum Gasteiger partial charge on any atom is 0.409 e. The summed E-state index contributed by atoms with van der Waals surface area (Å²) in [6.07, 6.45) is -6.58. The number of aliphatic hydroxyl groups excluding tert-OH is 1. The van der Waals surface area contributed by atoms with Crippen molar-refractivity contribution in [2.45, 2.75) is 80.8 Å². The lowest BCUT2D eigenvalue weighted by atomic mass is 9.72. The molecule has 2 aromatic carbocycles. The van der Waals surface area contributed by atoms with Gasteiger partial charge < -0.3 is 63.4 Å². The standard InChI is InChI=1S/C46H55N5O17S2/c1-23-24(2)67-33(18-28(23)51-14-15-64-43(63-6)42(51)57)68-30-20-46(60,19-27-35(30)41(56)37-36(39(27)54)38(53)26-8-7-9-29(62-5)34(26)40(37)55)31(52)22-66-45(59)50(4)13-12-49(3)44(58)65-16-17-69-70-32-11-10-25(48-61)21-47-32/h7-11,21,23-24,28,30,33,42-43,54,56-57,60H,12-20,22H2,1-6H3/t23-,24+,28+,30+,33+,42-,43+,46+/m1/s1. The van der Waals surface area contributed by atoms with Crippen molar-refractivity contribution in [1.29, 1.82) is 0 Å². The molecular formula is C46H55N5O17S2. The van der Waals surface area contributed by atoms with Crippen LogP contribution in [0.4, 0.5) is 15.3 Å². The Labute approximate surface area is 410 Å². The third-order valence-corrected chi connectivity index (χ3v) is 15.2. The second-order valence-electron chi connectivity index (χ2n) is 17.3. The molecule has 0 radical (unpaired) electrons. The van der Waals surface area contributed by atoms with E-state index in [-0.39, 0.29) is 78.4 Å². The van der Waals surface area contributed by atoms with E-state index in [1.807, 2.05) is 18.7 Å². The van der Waals surface area contributed by atoms with Gasteiger partial charge in [0.15, 0.2) is 31.2 Å². The number of ketones is 3. The first-order chi connectivity index (χ1) is 33.4. The van der Waals surface area contributed by atoms with E-state index in [9.17, 15) is 49.3 Å². The molecule has 1 aromatic heterocycles. The predicted octanol–water partition coefficient (Wildman–Crippen LogP) is 4.32. The van der Waals surface area contributed by atoms with Gasteiger partial charge in [-0.3, -0.25) is 19.3 Å². The Bertz CT molecular complexity index is 2480. The van der Waals surface area contributed by atoms with Crippen LogP contribution in [0.25, 0.3) is 0 Å². The Morgan fingerprint density at radius 2 is 1.70 bits per heavy atom. The maximum atomic E-state index is 14.2. The van der Waals surface area contributed by atoms with Gasteiger partial charge in [-0.25, -0.2) is 14.6 Å². The number of carbonyl (C=O) groups excluding carboxylic acids is 5. The number of aromatic nitrogens is 1. The second kappa shape index (κ2) is 22.3. The molecular weight excluding hydrogens is 959 g/mol. The van der Waals surface area contributed by atoms with Gasteiger partial charge in [0, 0.05) is 88.6 Å². The van der Waals surface area contributed by atoms with Gasteiger partial charge in [0.1, 0.15) is 40.2 Å². The molecule has 3 aromatic rings. The zero-order valence-corrected chi connectivity index (χ0v) is 40.9. The molecule has 70 heavy (non-hydrogen) atoms. The molecule has 22 nitrogen and oxygen atoms in total. The van der Waals surface area contributed by atoms with E-state index in [0.29, 0.717) is 17.3 Å². The Balaban J connectivity index is 1.06. The van der Waals surface area contributed by atoms with Crippen LogP contribution in [0.3, 0.4) is 0 Å². The van der Waals surface area contributed by atoms with E-state index in [1.54, 1.807) is 6.07 Å². The molecule has 24 heteroatoms. The molecule has 2 fully saturated rings. The number of methoxy groups -OCH3 is 2. The molecule has 378 valence electrons. The molecule has 3 heterocycles. The number of phenols is 2. The fraction of sp³-hybridized carbons (Fsp3) is 0.522. The lowest BCUT2D eigenvalue weighted by molar-refractivity contribution is -0.289. The lowest BCUT2D eigenvalue weighted by Crippen LogP contribution is -2.61. The third kappa shape index (κ3) is 10.7. The summed E-state index contributed by atoms with van der Waals surface area (Å²) < 4.78 is 39.8. The van der Waals surface area contributed by atoms with Gasteiger partial charge in [0.05, 0.1) is 48.8 Å². The number of ether oxygens (including phenoxy) is 7. The highest BCUT2D eigenvalue weighted by Gasteiger charge is 2.51. The molecule has 4 aliphatic rings. The van der Waals surface area contributed by atoms with Gasteiger partial charge in [-0.2, -0.15) is 0 Å². The molecule has 7 rings (SSSR count). The number of morpholine rings is 1. The van der Waals surface area contributed by atoms with E-state index >= 15 is 0 Å². The molecule has 4 N–H and O–H groups in total. The van der Waals surface area contributed by atoms with Gasteiger partial charge in [0.2, 0.25) is 11.6 Å². The summed E-state index contributed by atoms with van der Waals surface area (Å²) in [5.41, 5.74) is -3.96. The summed E-state index contributed by atoms with van der Waals surface area (Å²) in [4.78, 5) is 87.1. The van der Waals surface area contributed by atoms with Crippen molar-refractivity contribution in [3.63, 3.8) is 0 Å². The molecule has 2 saturated heterocycles. The zero-order valence-electron chi connectivity index (χ0n) is 39.2. The third-order valence-electron chi connectivity index (χ3n) is 13.0. The minimum atomic E-state index is -2.45. The van der Waals surface area contributed by atoms with Crippen LogP contribution in [0.15, 0.2) is 46.7 Å². The number of nitroso groups, excluding NO2 is 1. The highest BCUT2D eigenvalue weighted by molar-refractivity contribution is 8.76. The van der Waals surface area contributed by atoms with Crippen molar-refractivity contribution in [3.8, 4) is 17.2 Å². The summed E-state index contributed by atoms with van der Waals surface area (Å²) >= 11 is 0. The highest BCUT2D eigenvalue weighted by Crippen LogP contribution is 2.53. The molecule has 0 unspecified atom stereocenters. The summed E-state index contributed by atoms with van der Waals surface area (Å²) in [6, 6.07) is 7.13. The largest absolute Gasteiger partial charge is 0.507 e. The number of hydrogen-bond donors (Lipinski definition) is 4. The van der Waals surface area contributed by atoms with Crippen LogP contribution in [-0.4, -0.2) is 180 Å². The number of aromatic hydroxyl groups is 2. The van der Waals surface area contributed by atoms with Crippen molar-refractivity contribution >= 4 is 56.8 Å². The number of amides is 2. The number of pyridine rings is 1. The van der Waals surface area contributed by atoms with Crippen LogP contribution in [0, 0.1) is 10.8 Å². The van der Waals surface area contributed by atoms with Gasteiger partial charge in [-0.1, -0.05) is 29.9 Å². The summed E-state index contributed by atoms with van der Waals surface area (Å²) in [7, 11) is 8.29. The highest BCUT2D eigenvalue weighted by atomic mass is 33.1. The average molecular weight is 1010 g/mol. The van der Waals surface area contributed by atoms with Crippen LogP contribution in [0.1, 0.15) is 75.8 Å².